The molecule has 2 atom stereocenters. The van der Waals surface area contributed by atoms with Gasteiger partial charge >= 0.3 is 5.97 Å². The van der Waals surface area contributed by atoms with Gasteiger partial charge in [-0.3, -0.25) is 4.79 Å². The van der Waals surface area contributed by atoms with Crippen molar-refractivity contribution in [1.29, 1.82) is 0 Å². The lowest BCUT2D eigenvalue weighted by Gasteiger charge is -2.27. The molecule has 2 unspecified atom stereocenters. The normalized spacial score (nSPS) is 26.2. The first-order chi connectivity index (χ1) is 7.31. The summed E-state index contributed by atoms with van der Waals surface area (Å²) in [5.74, 6) is 1.02. The van der Waals surface area contributed by atoms with E-state index in [1.807, 2.05) is 0 Å². The first kappa shape index (κ1) is 10.2. The summed E-state index contributed by atoms with van der Waals surface area (Å²) < 4.78 is 4.75. The molecule has 0 bridgehead atoms. The molecule has 2 N–H and O–H groups in total. The average molecular weight is 209 g/mol. The standard InChI is InChI=1S/C10H15N3O2/c1-15-10(14)8-4-7(5-11-6-8)9-12-2-3-13-9/h2-3,7-8,11H,4-6H2,1H3,(H,12,13). The van der Waals surface area contributed by atoms with Gasteiger partial charge in [-0.2, -0.15) is 0 Å². The van der Waals surface area contributed by atoms with Crippen LogP contribution in [0.15, 0.2) is 12.4 Å². The maximum atomic E-state index is 11.4. The van der Waals surface area contributed by atoms with E-state index in [0.717, 1.165) is 18.8 Å². The van der Waals surface area contributed by atoms with Crippen molar-refractivity contribution >= 4 is 5.97 Å². The second-order valence-corrected chi connectivity index (χ2v) is 3.79. The lowest BCUT2D eigenvalue weighted by molar-refractivity contribution is -0.146. The van der Waals surface area contributed by atoms with Gasteiger partial charge in [0.2, 0.25) is 0 Å². The van der Waals surface area contributed by atoms with E-state index in [1.54, 1.807) is 12.4 Å². The molecule has 15 heavy (non-hydrogen) atoms. The predicted octanol–water partition coefficient (Wildman–Crippen LogP) is 0.276. The van der Waals surface area contributed by atoms with Crippen molar-refractivity contribution in [1.82, 2.24) is 15.3 Å². The van der Waals surface area contributed by atoms with E-state index in [9.17, 15) is 4.79 Å². The highest BCUT2D eigenvalue weighted by molar-refractivity contribution is 5.72. The van der Waals surface area contributed by atoms with Gasteiger partial charge < -0.3 is 15.0 Å². The highest BCUT2D eigenvalue weighted by Crippen LogP contribution is 2.24. The molecule has 1 aromatic heterocycles. The van der Waals surface area contributed by atoms with E-state index in [0.29, 0.717) is 6.54 Å². The minimum Gasteiger partial charge on any atom is -0.469 e. The number of nitrogens with one attached hydrogen (secondary N) is 2. The Kier molecular flexibility index (Phi) is 3.01. The van der Waals surface area contributed by atoms with Crippen LogP contribution in [0.2, 0.25) is 0 Å². The molecule has 1 aromatic rings. The van der Waals surface area contributed by atoms with Gasteiger partial charge in [-0.05, 0) is 6.42 Å². The molecular weight excluding hydrogens is 194 g/mol. The van der Waals surface area contributed by atoms with E-state index in [-0.39, 0.29) is 17.8 Å². The predicted molar refractivity (Wildman–Crippen MR) is 54.3 cm³/mol. The molecule has 1 aliphatic rings. The van der Waals surface area contributed by atoms with Crippen LogP contribution in [0, 0.1) is 5.92 Å². The van der Waals surface area contributed by atoms with Gasteiger partial charge in [0, 0.05) is 31.4 Å². The fourth-order valence-corrected chi connectivity index (χ4v) is 2.00. The minimum atomic E-state index is -0.140. The Bertz CT molecular complexity index is 323. The largest absolute Gasteiger partial charge is 0.469 e. The quantitative estimate of drug-likeness (QED) is 0.686. The number of aromatic nitrogens is 2. The van der Waals surface area contributed by atoms with Gasteiger partial charge in [-0.15, -0.1) is 0 Å². The van der Waals surface area contributed by atoms with E-state index in [1.165, 1.54) is 7.11 Å². The Morgan fingerprint density at radius 2 is 2.47 bits per heavy atom. The van der Waals surface area contributed by atoms with Gasteiger partial charge in [0.1, 0.15) is 5.82 Å². The Hall–Kier alpha value is -1.36. The molecule has 0 radical (unpaired) electrons. The van der Waals surface area contributed by atoms with Crippen molar-refractivity contribution < 1.29 is 9.53 Å². The number of imidazole rings is 1. The number of ether oxygens (including phenoxy) is 1. The third kappa shape index (κ3) is 2.18. The van der Waals surface area contributed by atoms with Crippen LogP contribution in [0.1, 0.15) is 18.2 Å². The number of H-pyrrole nitrogens is 1. The van der Waals surface area contributed by atoms with Gasteiger partial charge in [0.05, 0.1) is 13.0 Å². The fourth-order valence-electron chi connectivity index (χ4n) is 2.00. The number of hydrogen-bond acceptors (Lipinski definition) is 4. The number of aromatic amines is 1. The smallest absolute Gasteiger partial charge is 0.309 e. The van der Waals surface area contributed by atoms with Crippen LogP contribution in [-0.4, -0.2) is 36.1 Å². The van der Waals surface area contributed by atoms with Crippen molar-refractivity contribution in [2.24, 2.45) is 5.92 Å². The molecule has 5 heteroatoms. The maximum Gasteiger partial charge on any atom is 0.309 e. The summed E-state index contributed by atoms with van der Waals surface area (Å²) in [4.78, 5) is 18.7. The highest BCUT2D eigenvalue weighted by atomic mass is 16.5. The Balaban J connectivity index is 2.01. The second kappa shape index (κ2) is 4.44. The summed E-state index contributed by atoms with van der Waals surface area (Å²) in [6, 6.07) is 0. The van der Waals surface area contributed by atoms with E-state index < -0.39 is 0 Å². The second-order valence-electron chi connectivity index (χ2n) is 3.79. The number of carbonyl (C=O) groups excluding carboxylic acids is 1. The van der Waals surface area contributed by atoms with Gasteiger partial charge in [0.15, 0.2) is 0 Å². The van der Waals surface area contributed by atoms with E-state index >= 15 is 0 Å². The lowest BCUT2D eigenvalue weighted by atomic mass is 9.90. The summed E-state index contributed by atoms with van der Waals surface area (Å²) in [6.07, 6.45) is 4.33. The zero-order valence-electron chi connectivity index (χ0n) is 8.69. The molecule has 1 saturated heterocycles. The summed E-state index contributed by atoms with van der Waals surface area (Å²) in [5.41, 5.74) is 0. The van der Waals surface area contributed by atoms with Crippen LogP contribution in [0.5, 0.6) is 0 Å². The minimum absolute atomic E-state index is 0.0566. The summed E-state index contributed by atoms with van der Waals surface area (Å²) in [5, 5.41) is 3.23. The molecule has 82 valence electrons. The third-order valence-corrected chi connectivity index (χ3v) is 2.79. The van der Waals surface area contributed by atoms with Crippen molar-refractivity contribution in [3.05, 3.63) is 18.2 Å². The Morgan fingerprint density at radius 3 is 3.13 bits per heavy atom. The van der Waals surface area contributed by atoms with Gasteiger partial charge in [-0.25, -0.2) is 4.98 Å². The van der Waals surface area contributed by atoms with Crippen LogP contribution in [0.4, 0.5) is 0 Å². The lowest BCUT2D eigenvalue weighted by Crippen LogP contribution is -2.39. The number of piperidine rings is 1. The maximum absolute atomic E-state index is 11.4. The average Bonchev–Trinajstić information content (AvgIpc) is 2.82. The van der Waals surface area contributed by atoms with Crippen LogP contribution in [0.25, 0.3) is 0 Å². The number of esters is 1. The molecule has 0 amide bonds. The molecule has 5 nitrogen and oxygen atoms in total. The van der Waals surface area contributed by atoms with Crippen LogP contribution in [-0.2, 0) is 9.53 Å². The molecule has 0 aliphatic carbocycles. The monoisotopic (exact) mass is 209 g/mol. The van der Waals surface area contributed by atoms with Crippen LogP contribution in [0.3, 0.4) is 0 Å². The summed E-state index contributed by atoms with van der Waals surface area (Å²) >= 11 is 0. The first-order valence-corrected chi connectivity index (χ1v) is 5.09. The molecular formula is C10H15N3O2. The van der Waals surface area contributed by atoms with Gasteiger partial charge in [-0.1, -0.05) is 0 Å². The van der Waals surface area contributed by atoms with Crippen LogP contribution < -0.4 is 5.32 Å². The summed E-state index contributed by atoms with van der Waals surface area (Å²) in [7, 11) is 1.43. The highest BCUT2D eigenvalue weighted by Gasteiger charge is 2.29. The van der Waals surface area contributed by atoms with Crippen molar-refractivity contribution in [3.63, 3.8) is 0 Å². The number of carbonyl (C=O) groups is 1. The molecule has 0 saturated carbocycles. The third-order valence-electron chi connectivity index (χ3n) is 2.79. The number of methoxy groups -OCH3 is 1. The topological polar surface area (TPSA) is 67.0 Å². The molecule has 2 rings (SSSR count). The zero-order chi connectivity index (χ0) is 10.7. The molecule has 1 aliphatic heterocycles. The van der Waals surface area contributed by atoms with Gasteiger partial charge in [0.25, 0.3) is 0 Å². The SMILES string of the molecule is COC(=O)C1CNCC(c2ncc[nH]2)C1. The van der Waals surface area contributed by atoms with E-state index in [2.05, 4.69) is 15.3 Å². The fraction of sp³-hybridized carbons (Fsp3) is 0.600. The molecule has 2 heterocycles. The summed E-state index contributed by atoms with van der Waals surface area (Å²) in [6.45, 7) is 1.56. The Morgan fingerprint density at radius 1 is 1.60 bits per heavy atom. The number of hydrogen-bond donors (Lipinski definition) is 2. The zero-order valence-corrected chi connectivity index (χ0v) is 8.69. The number of nitrogens with zero attached hydrogens (tertiary/aromatic N) is 1. The van der Waals surface area contributed by atoms with E-state index in [4.69, 9.17) is 4.74 Å². The first-order valence-electron chi connectivity index (χ1n) is 5.09. The molecule has 0 spiro atoms. The van der Waals surface area contributed by atoms with Crippen molar-refractivity contribution in [2.75, 3.05) is 20.2 Å². The van der Waals surface area contributed by atoms with Crippen molar-refractivity contribution in [2.45, 2.75) is 12.3 Å². The molecule has 0 aromatic carbocycles. The van der Waals surface area contributed by atoms with Crippen molar-refractivity contribution in [3.8, 4) is 0 Å². The Labute approximate surface area is 88.2 Å². The van der Waals surface area contributed by atoms with Crippen LogP contribution >= 0.6 is 0 Å². The number of rotatable bonds is 2. The molecule has 1 fully saturated rings.